The first-order valence-corrected chi connectivity index (χ1v) is 6.84. The maximum absolute atomic E-state index is 5.35. The van der Waals surface area contributed by atoms with Crippen LogP contribution in [0.25, 0.3) is 22.7 Å². The number of ether oxygens (including phenoxy) is 1. The first kappa shape index (κ1) is 12.6. The lowest BCUT2D eigenvalue weighted by molar-refractivity contribution is 0.396. The Kier molecular flexibility index (Phi) is 2.86. The average Bonchev–Trinajstić information content (AvgIpc) is 3.23. The molecule has 0 aliphatic carbocycles. The predicted molar refractivity (Wildman–Crippen MR) is 82.1 cm³/mol. The molecule has 0 radical (unpaired) electrons. The minimum atomic E-state index is 0.550. The smallest absolute Gasteiger partial charge is 0.238 e. The van der Waals surface area contributed by atoms with E-state index in [1.165, 1.54) is 0 Å². The maximum Gasteiger partial charge on any atom is 0.238 e. The summed E-state index contributed by atoms with van der Waals surface area (Å²) in [6.07, 6.45) is 7.12. The summed E-state index contributed by atoms with van der Waals surface area (Å²) in [7, 11) is 1.61. The molecule has 22 heavy (non-hydrogen) atoms. The molecule has 4 aromatic rings. The molecule has 0 atom stereocenters. The fourth-order valence-electron chi connectivity index (χ4n) is 2.53. The van der Waals surface area contributed by atoms with Gasteiger partial charge in [-0.2, -0.15) is 5.10 Å². The van der Waals surface area contributed by atoms with Gasteiger partial charge < -0.3 is 4.74 Å². The van der Waals surface area contributed by atoms with E-state index in [4.69, 9.17) is 4.74 Å². The van der Waals surface area contributed by atoms with Crippen molar-refractivity contribution < 1.29 is 4.74 Å². The highest BCUT2D eigenvalue weighted by molar-refractivity contribution is 5.61. The quantitative estimate of drug-likeness (QED) is 0.582. The molecule has 0 bridgehead atoms. The molecule has 0 saturated carbocycles. The van der Waals surface area contributed by atoms with E-state index in [1.54, 1.807) is 25.7 Å². The van der Waals surface area contributed by atoms with E-state index < -0.39 is 0 Å². The van der Waals surface area contributed by atoms with E-state index in [0.717, 1.165) is 22.7 Å². The Balaban J connectivity index is 1.96. The summed E-state index contributed by atoms with van der Waals surface area (Å²) in [4.78, 5) is 8.73. The van der Waals surface area contributed by atoms with Crippen LogP contribution in [-0.4, -0.2) is 31.3 Å². The van der Waals surface area contributed by atoms with Crippen molar-refractivity contribution in [1.29, 1.82) is 0 Å². The Morgan fingerprint density at radius 1 is 0.955 bits per heavy atom. The zero-order chi connectivity index (χ0) is 14.9. The van der Waals surface area contributed by atoms with Crippen LogP contribution in [0.15, 0.2) is 61.2 Å². The standard InChI is InChI=1S/C16H13N5O/c1-22-16-14(6-3-8-18-16)20-11-10-17-15(20)13-5-2-4-12-7-9-19-21(12)13/h2-11H,1H3. The minimum absolute atomic E-state index is 0.550. The topological polar surface area (TPSA) is 57.2 Å². The SMILES string of the molecule is COc1ncccc1-n1ccnc1-c1cccc2ccnn12. The Morgan fingerprint density at radius 3 is 2.82 bits per heavy atom. The van der Waals surface area contributed by atoms with Gasteiger partial charge in [-0.15, -0.1) is 0 Å². The van der Waals surface area contributed by atoms with Gasteiger partial charge in [-0.25, -0.2) is 14.5 Å². The Morgan fingerprint density at radius 2 is 1.91 bits per heavy atom. The van der Waals surface area contributed by atoms with Gasteiger partial charge in [0.25, 0.3) is 0 Å². The number of aromatic nitrogens is 5. The second-order valence-corrected chi connectivity index (χ2v) is 4.73. The Hall–Kier alpha value is -3.15. The van der Waals surface area contributed by atoms with Crippen molar-refractivity contribution >= 4 is 5.52 Å². The third-order valence-electron chi connectivity index (χ3n) is 3.50. The van der Waals surface area contributed by atoms with Crippen molar-refractivity contribution in [2.75, 3.05) is 7.11 Å². The van der Waals surface area contributed by atoms with Crippen molar-refractivity contribution in [3.8, 4) is 23.1 Å². The molecule has 0 aromatic carbocycles. The summed E-state index contributed by atoms with van der Waals surface area (Å²) in [6.45, 7) is 0. The van der Waals surface area contributed by atoms with Gasteiger partial charge in [-0.1, -0.05) is 6.07 Å². The van der Waals surface area contributed by atoms with Crippen molar-refractivity contribution in [2.45, 2.75) is 0 Å². The van der Waals surface area contributed by atoms with Crippen LogP contribution in [-0.2, 0) is 0 Å². The Bertz CT molecular complexity index is 940. The lowest BCUT2D eigenvalue weighted by Crippen LogP contribution is -2.03. The van der Waals surface area contributed by atoms with Crippen LogP contribution in [0.3, 0.4) is 0 Å². The third kappa shape index (κ3) is 1.85. The Labute approximate surface area is 126 Å². The number of nitrogens with zero attached hydrogens (tertiary/aromatic N) is 5. The summed E-state index contributed by atoms with van der Waals surface area (Å²) >= 11 is 0. The molecule has 0 aliphatic rings. The van der Waals surface area contributed by atoms with Crippen LogP contribution in [0.4, 0.5) is 0 Å². The van der Waals surface area contributed by atoms with Crippen molar-refractivity contribution in [3.05, 3.63) is 61.2 Å². The molecule has 0 amide bonds. The van der Waals surface area contributed by atoms with Crippen molar-refractivity contribution in [1.82, 2.24) is 24.1 Å². The number of fused-ring (bicyclic) bond motifs is 1. The molecular formula is C16H13N5O. The fraction of sp³-hybridized carbons (Fsp3) is 0.0625. The van der Waals surface area contributed by atoms with Crippen LogP contribution in [0.5, 0.6) is 5.88 Å². The molecule has 0 unspecified atom stereocenters. The second-order valence-electron chi connectivity index (χ2n) is 4.73. The van der Waals surface area contributed by atoms with Gasteiger partial charge in [-0.05, 0) is 30.3 Å². The van der Waals surface area contributed by atoms with Crippen LogP contribution in [0.1, 0.15) is 0 Å². The van der Waals surface area contributed by atoms with Crippen molar-refractivity contribution in [2.24, 2.45) is 0 Å². The highest BCUT2D eigenvalue weighted by Crippen LogP contribution is 2.26. The lowest BCUT2D eigenvalue weighted by Gasteiger charge is -2.11. The zero-order valence-electron chi connectivity index (χ0n) is 11.9. The predicted octanol–water partition coefficient (Wildman–Crippen LogP) is 2.59. The molecule has 6 nitrogen and oxygen atoms in total. The summed E-state index contributed by atoms with van der Waals surface area (Å²) in [6, 6.07) is 11.8. The van der Waals surface area contributed by atoms with Crippen molar-refractivity contribution in [3.63, 3.8) is 0 Å². The number of methoxy groups -OCH3 is 1. The molecule has 0 N–H and O–H groups in total. The van der Waals surface area contributed by atoms with Gasteiger partial charge in [0.1, 0.15) is 11.4 Å². The molecule has 4 heterocycles. The summed E-state index contributed by atoms with van der Waals surface area (Å²) in [5.74, 6) is 1.33. The first-order chi connectivity index (χ1) is 10.9. The third-order valence-corrected chi connectivity index (χ3v) is 3.50. The number of hydrogen-bond donors (Lipinski definition) is 0. The van der Waals surface area contributed by atoms with Gasteiger partial charge in [0.05, 0.1) is 18.8 Å². The van der Waals surface area contributed by atoms with Crippen LogP contribution in [0, 0.1) is 0 Å². The fourth-order valence-corrected chi connectivity index (χ4v) is 2.53. The lowest BCUT2D eigenvalue weighted by atomic mass is 10.3. The van der Waals surface area contributed by atoms with Crippen LogP contribution < -0.4 is 4.74 Å². The largest absolute Gasteiger partial charge is 0.480 e. The minimum Gasteiger partial charge on any atom is -0.480 e. The van der Waals surface area contributed by atoms with Crippen LogP contribution >= 0.6 is 0 Å². The molecule has 0 fully saturated rings. The van der Waals surface area contributed by atoms with Gasteiger partial charge in [-0.3, -0.25) is 4.57 Å². The van der Waals surface area contributed by atoms with Gasteiger partial charge >= 0.3 is 0 Å². The van der Waals surface area contributed by atoms with Crippen LogP contribution in [0.2, 0.25) is 0 Å². The van der Waals surface area contributed by atoms with E-state index in [0.29, 0.717) is 5.88 Å². The second kappa shape index (κ2) is 5.00. The van der Waals surface area contributed by atoms with E-state index in [-0.39, 0.29) is 0 Å². The number of rotatable bonds is 3. The molecule has 0 aliphatic heterocycles. The first-order valence-electron chi connectivity index (χ1n) is 6.84. The normalized spacial score (nSPS) is 11.0. The number of pyridine rings is 2. The number of imidazole rings is 1. The molecule has 108 valence electrons. The van der Waals surface area contributed by atoms with E-state index >= 15 is 0 Å². The summed E-state index contributed by atoms with van der Waals surface area (Å²) in [5.41, 5.74) is 2.75. The molecular weight excluding hydrogens is 278 g/mol. The molecule has 0 saturated heterocycles. The maximum atomic E-state index is 5.35. The number of hydrogen-bond acceptors (Lipinski definition) is 4. The summed E-state index contributed by atoms with van der Waals surface area (Å²) < 4.78 is 9.16. The highest BCUT2D eigenvalue weighted by atomic mass is 16.5. The van der Waals surface area contributed by atoms with Gasteiger partial charge in [0, 0.05) is 18.6 Å². The molecule has 4 aromatic heterocycles. The van der Waals surface area contributed by atoms with E-state index in [9.17, 15) is 0 Å². The average molecular weight is 291 g/mol. The van der Waals surface area contributed by atoms with Gasteiger partial charge in [0.2, 0.25) is 5.88 Å². The molecule has 6 heteroatoms. The molecule has 0 spiro atoms. The zero-order valence-corrected chi connectivity index (χ0v) is 11.9. The van der Waals surface area contributed by atoms with Gasteiger partial charge in [0.15, 0.2) is 5.82 Å². The highest BCUT2D eigenvalue weighted by Gasteiger charge is 2.14. The van der Waals surface area contributed by atoms with E-state index in [2.05, 4.69) is 15.1 Å². The molecule has 4 rings (SSSR count). The van der Waals surface area contributed by atoms with E-state index in [1.807, 2.05) is 51.7 Å². The monoisotopic (exact) mass is 291 g/mol. The summed E-state index contributed by atoms with van der Waals surface area (Å²) in [5, 5.41) is 4.37.